The second kappa shape index (κ2) is 1.12. The maximum atomic E-state index is 1.70. The Kier molecular flexibility index (Phi) is 0.498. The smallest absolute Gasteiger partial charge is 0.0196 e. The highest BCUT2D eigenvalue weighted by Gasteiger charge is 2.91. The molecule has 0 radical (unpaired) electrons. The Labute approximate surface area is 79.1 Å². The molecule has 0 nitrogen and oxygen atoms in total. The molecule has 0 N–H and O–H groups in total. The van der Waals surface area contributed by atoms with E-state index in [9.17, 15) is 0 Å². The van der Waals surface area contributed by atoms with Gasteiger partial charge in [0.1, 0.15) is 0 Å². The lowest BCUT2D eigenvalue weighted by molar-refractivity contribution is -0.195. The van der Waals surface area contributed by atoms with E-state index in [1.807, 2.05) is 0 Å². The molecule has 68 valence electrons. The molecule has 0 saturated heterocycles. The van der Waals surface area contributed by atoms with Gasteiger partial charge in [-0.05, 0) is 78.4 Å². The zero-order chi connectivity index (χ0) is 8.05. The first-order chi connectivity index (χ1) is 6.29. The molecule has 6 aliphatic rings. The fraction of sp³-hybridized carbons (Fsp3) is 1.00. The van der Waals surface area contributed by atoms with E-state index in [0.717, 1.165) is 16.2 Å². The van der Waals surface area contributed by atoms with Crippen LogP contribution in [0.15, 0.2) is 0 Å². The molecule has 6 saturated carbocycles. The van der Waals surface area contributed by atoms with Gasteiger partial charge in [-0.3, -0.25) is 0 Å². The van der Waals surface area contributed by atoms with Gasteiger partial charge < -0.3 is 0 Å². The molecular weight excluding hydrogens is 156 g/mol. The van der Waals surface area contributed by atoms with Crippen molar-refractivity contribution in [3.05, 3.63) is 0 Å². The summed E-state index contributed by atoms with van der Waals surface area (Å²) in [7, 11) is 0. The lowest BCUT2D eigenvalue weighted by Crippen LogP contribution is -2.61. The molecule has 6 aliphatic carbocycles. The summed E-state index contributed by atoms with van der Waals surface area (Å²) in [4.78, 5) is 0. The quantitative estimate of drug-likeness (QED) is 0.527. The van der Waals surface area contributed by atoms with Gasteiger partial charge >= 0.3 is 0 Å². The summed E-state index contributed by atoms with van der Waals surface area (Å²) in [6, 6.07) is 0. The maximum Gasteiger partial charge on any atom is -0.0196 e. The minimum atomic E-state index is 0.963. The van der Waals surface area contributed by atoms with Crippen molar-refractivity contribution >= 4 is 0 Å². The lowest BCUT2D eigenvalue weighted by Gasteiger charge is -2.68. The molecule has 0 aromatic rings. The Morgan fingerprint density at radius 2 is 1.77 bits per heavy atom. The maximum absolute atomic E-state index is 1.70. The van der Waals surface area contributed by atoms with Crippen LogP contribution in [0.25, 0.3) is 0 Å². The average molecular weight is 172 g/mol. The van der Waals surface area contributed by atoms with Crippen LogP contribution in [0.2, 0.25) is 0 Å². The topological polar surface area (TPSA) is 0 Å². The van der Waals surface area contributed by atoms with Gasteiger partial charge in [-0.25, -0.2) is 0 Å². The van der Waals surface area contributed by atoms with E-state index in [2.05, 4.69) is 0 Å². The van der Waals surface area contributed by atoms with Crippen molar-refractivity contribution in [2.24, 2.45) is 39.9 Å². The molecule has 0 heterocycles. The third kappa shape index (κ3) is 0.284. The molecule has 2 bridgehead atoms. The van der Waals surface area contributed by atoms with Crippen molar-refractivity contribution in [3.8, 4) is 0 Å². The summed E-state index contributed by atoms with van der Waals surface area (Å²) in [5, 5.41) is 0. The number of hydrogen-bond donors (Lipinski definition) is 0. The first kappa shape index (κ1) is 5.78. The first-order valence-corrected chi connectivity index (χ1v) is 6.29. The van der Waals surface area contributed by atoms with Crippen LogP contribution in [-0.4, -0.2) is 0 Å². The van der Waals surface area contributed by atoms with E-state index < -0.39 is 0 Å². The summed E-state index contributed by atoms with van der Waals surface area (Å²) in [5.74, 6) is 5.01. The summed E-state index contributed by atoms with van der Waals surface area (Å²) >= 11 is 0. The van der Waals surface area contributed by atoms with Crippen molar-refractivity contribution in [2.75, 3.05) is 0 Å². The predicted molar refractivity (Wildman–Crippen MR) is 49.0 cm³/mol. The van der Waals surface area contributed by atoms with E-state index in [4.69, 9.17) is 0 Å². The van der Waals surface area contributed by atoms with Crippen LogP contribution in [0.5, 0.6) is 0 Å². The van der Waals surface area contributed by atoms with E-state index in [1.165, 1.54) is 23.7 Å². The van der Waals surface area contributed by atoms with Gasteiger partial charge in [0.05, 0.1) is 0 Å². The Bertz CT molecular complexity index is 329. The number of hydrogen-bond acceptors (Lipinski definition) is 0. The van der Waals surface area contributed by atoms with Crippen LogP contribution in [0.1, 0.15) is 38.5 Å². The van der Waals surface area contributed by atoms with Crippen LogP contribution in [0.3, 0.4) is 0 Å². The molecule has 0 aliphatic heterocycles. The second-order valence-electron chi connectivity index (χ2n) is 7.53. The monoisotopic (exact) mass is 172 g/mol. The Morgan fingerprint density at radius 3 is 2.69 bits per heavy atom. The normalized spacial score (nSPS) is 88.6. The molecule has 5 unspecified atom stereocenters. The molecule has 0 aromatic heterocycles. The van der Waals surface area contributed by atoms with Gasteiger partial charge in [0.25, 0.3) is 0 Å². The van der Waals surface area contributed by atoms with Crippen molar-refractivity contribution in [1.82, 2.24) is 0 Å². The Balaban J connectivity index is 1.83. The SMILES string of the molecule is C1C2CC34C5CC6(CC(C5)(C6)C23)C14. The Morgan fingerprint density at radius 1 is 0.923 bits per heavy atom. The van der Waals surface area contributed by atoms with E-state index in [-0.39, 0.29) is 0 Å². The zero-order valence-electron chi connectivity index (χ0n) is 8.05. The molecule has 0 amide bonds. The van der Waals surface area contributed by atoms with Crippen molar-refractivity contribution in [1.29, 1.82) is 0 Å². The molecule has 0 heteroatoms. The van der Waals surface area contributed by atoms with Crippen molar-refractivity contribution in [3.63, 3.8) is 0 Å². The highest BCUT2D eigenvalue weighted by Crippen LogP contribution is 2.99. The van der Waals surface area contributed by atoms with E-state index in [0.29, 0.717) is 0 Å². The van der Waals surface area contributed by atoms with Crippen LogP contribution >= 0.6 is 0 Å². The standard InChI is InChI=1S/C13H16/c1-7-2-13-8-3-11(9(1)13)5-12(4-8,6-11)10(7)13/h7-10H,1-6H2. The molecule has 13 heavy (non-hydrogen) atoms. The highest BCUT2D eigenvalue weighted by atomic mass is 15.0. The summed E-state index contributed by atoms with van der Waals surface area (Å²) in [6.45, 7) is 0. The molecule has 3 spiro atoms. The van der Waals surface area contributed by atoms with Gasteiger partial charge in [-0.2, -0.15) is 0 Å². The highest BCUT2D eigenvalue weighted by molar-refractivity contribution is 5.40. The van der Waals surface area contributed by atoms with Gasteiger partial charge in [0, 0.05) is 0 Å². The summed E-state index contributed by atoms with van der Waals surface area (Å²) in [6.07, 6.45) is 10.1. The third-order valence-electron chi connectivity index (χ3n) is 7.73. The van der Waals surface area contributed by atoms with Crippen LogP contribution < -0.4 is 0 Å². The van der Waals surface area contributed by atoms with Crippen molar-refractivity contribution in [2.45, 2.75) is 38.5 Å². The molecular formula is C13H16. The fourth-order valence-corrected chi connectivity index (χ4v) is 8.48. The lowest BCUT2D eigenvalue weighted by atomic mass is 9.36. The largest absolute Gasteiger partial charge is 0.0462 e. The first-order valence-electron chi connectivity index (χ1n) is 6.29. The van der Waals surface area contributed by atoms with Crippen LogP contribution in [0.4, 0.5) is 0 Å². The molecule has 6 fully saturated rings. The molecule has 5 atom stereocenters. The van der Waals surface area contributed by atoms with Gasteiger partial charge in [0.15, 0.2) is 0 Å². The molecule has 0 aromatic carbocycles. The average Bonchev–Trinajstić information content (AvgIpc) is 2.55. The fourth-order valence-electron chi connectivity index (χ4n) is 8.48. The van der Waals surface area contributed by atoms with Crippen LogP contribution in [-0.2, 0) is 0 Å². The molecule has 6 rings (SSSR count). The third-order valence-corrected chi connectivity index (χ3v) is 7.73. The minimum absolute atomic E-state index is 0.963. The zero-order valence-corrected chi connectivity index (χ0v) is 8.05. The Hall–Kier alpha value is 0. The van der Waals surface area contributed by atoms with Gasteiger partial charge in [-0.15, -0.1) is 0 Å². The van der Waals surface area contributed by atoms with E-state index in [1.54, 1.807) is 38.5 Å². The summed E-state index contributed by atoms with van der Waals surface area (Å²) in [5.41, 5.74) is 2.94. The second-order valence-corrected chi connectivity index (χ2v) is 7.53. The van der Waals surface area contributed by atoms with E-state index >= 15 is 0 Å². The van der Waals surface area contributed by atoms with Crippen LogP contribution in [0, 0.1) is 39.9 Å². The van der Waals surface area contributed by atoms with Gasteiger partial charge in [-0.1, -0.05) is 0 Å². The van der Waals surface area contributed by atoms with Gasteiger partial charge in [0.2, 0.25) is 0 Å². The predicted octanol–water partition coefficient (Wildman–Crippen LogP) is 2.83. The summed E-state index contributed by atoms with van der Waals surface area (Å²) < 4.78 is 0. The minimum Gasteiger partial charge on any atom is -0.0462 e. The van der Waals surface area contributed by atoms with Crippen molar-refractivity contribution < 1.29 is 0 Å². The number of rotatable bonds is 0.